The zero-order valence-electron chi connectivity index (χ0n) is 17.5. The highest BCUT2D eigenvalue weighted by molar-refractivity contribution is 8.01. The summed E-state index contributed by atoms with van der Waals surface area (Å²) in [6.45, 7) is 0.163. The minimum absolute atomic E-state index is 0.0944. The number of anilines is 3. The fourth-order valence-corrected chi connectivity index (χ4v) is 5.09. The third-order valence-electron chi connectivity index (χ3n) is 4.73. The first-order valence-electron chi connectivity index (χ1n) is 10.1. The molecule has 0 spiro atoms. The number of thiazole rings is 1. The monoisotopic (exact) mass is 496 g/mol. The molecule has 3 N–H and O–H groups in total. The van der Waals surface area contributed by atoms with Crippen molar-refractivity contribution >= 4 is 62.3 Å². The number of carbonyl (C=O) groups excluding carboxylic acids is 2. The van der Waals surface area contributed by atoms with Gasteiger partial charge in [0.25, 0.3) is 0 Å². The maximum absolute atomic E-state index is 13.7. The third kappa shape index (κ3) is 5.05. The Bertz CT molecular complexity index is 1390. The van der Waals surface area contributed by atoms with Crippen LogP contribution in [0.4, 0.5) is 26.2 Å². The molecule has 0 bridgehead atoms. The average molecular weight is 497 g/mol. The van der Waals surface area contributed by atoms with E-state index in [0.717, 1.165) is 10.2 Å². The number of thioether (sulfide) groups is 1. The Hall–Kier alpha value is -3.83. The Kier molecular flexibility index (Phi) is 6.19. The summed E-state index contributed by atoms with van der Waals surface area (Å²) >= 11 is 2.66. The van der Waals surface area contributed by atoms with E-state index in [2.05, 4.69) is 20.9 Å². The van der Waals surface area contributed by atoms with Crippen LogP contribution in [0, 0.1) is 5.82 Å². The van der Waals surface area contributed by atoms with E-state index >= 15 is 0 Å². The smallest absolute Gasteiger partial charge is 0.323 e. The van der Waals surface area contributed by atoms with E-state index in [9.17, 15) is 14.0 Å². The van der Waals surface area contributed by atoms with Gasteiger partial charge in [-0.2, -0.15) is 0 Å². The molecule has 1 aliphatic heterocycles. The van der Waals surface area contributed by atoms with Crippen LogP contribution in [0.15, 0.2) is 65.0 Å². The molecule has 0 atom stereocenters. The standard InChI is InChI=1S/C23H17FN4O4S2/c24-15-3-1-2-4-16(15)27-21(29)11-33-23-28-17-7-5-14(10-20(17)34-23)26-22(30)25-13-6-8-18-19(9-13)32-12-31-18/h1-10H,11-12H2,(H,27,29)(H2,25,26,30). The molecule has 11 heteroatoms. The number of amides is 3. The molecule has 0 fully saturated rings. The number of nitrogens with zero attached hydrogens (tertiary/aromatic N) is 1. The second-order valence-electron chi connectivity index (χ2n) is 7.13. The van der Waals surface area contributed by atoms with Gasteiger partial charge in [-0.05, 0) is 42.5 Å². The molecule has 5 rings (SSSR count). The van der Waals surface area contributed by atoms with Crippen LogP contribution in [0.2, 0.25) is 0 Å². The number of carbonyl (C=O) groups is 2. The van der Waals surface area contributed by atoms with Crippen LogP contribution in [0.5, 0.6) is 11.5 Å². The average Bonchev–Trinajstić information content (AvgIpc) is 3.45. The number of halogens is 1. The molecule has 172 valence electrons. The largest absolute Gasteiger partial charge is 0.454 e. The van der Waals surface area contributed by atoms with Gasteiger partial charge >= 0.3 is 6.03 Å². The molecule has 0 saturated heterocycles. The highest BCUT2D eigenvalue weighted by atomic mass is 32.2. The van der Waals surface area contributed by atoms with E-state index in [4.69, 9.17) is 9.47 Å². The van der Waals surface area contributed by atoms with Crippen LogP contribution >= 0.6 is 23.1 Å². The highest BCUT2D eigenvalue weighted by Gasteiger charge is 2.15. The number of hydrogen-bond donors (Lipinski definition) is 3. The summed E-state index contributed by atoms with van der Waals surface area (Å²) in [7, 11) is 0. The molecule has 1 aliphatic rings. The van der Waals surface area contributed by atoms with Crippen LogP contribution in [0.1, 0.15) is 0 Å². The lowest BCUT2D eigenvalue weighted by molar-refractivity contribution is -0.113. The molecule has 1 aromatic heterocycles. The van der Waals surface area contributed by atoms with Crippen molar-refractivity contribution in [1.29, 1.82) is 0 Å². The van der Waals surface area contributed by atoms with Crippen molar-refractivity contribution < 1.29 is 23.5 Å². The Morgan fingerprint density at radius 1 is 0.971 bits per heavy atom. The second kappa shape index (κ2) is 9.57. The fourth-order valence-electron chi connectivity index (χ4n) is 3.19. The SMILES string of the molecule is O=C(CSc1nc2ccc(NC(=O)Nc3ccc4c(c3)OCO4)cc2s1)Nc1ccccc1F. The number of aromatic nitrogens is 1. The van der Waals surface area contributed by atoms with Gasteiger partial charge in [-0.3, -0.25) is 4.79 Å². The van der Waals surface area contributed by atoms with Crippen molar-refractivity contribution in [3.8, 4) is 11.5 Å². The van der Waals surface area contributed by atoms with E-state index in [0.29, 0.717) is 27.2 Å². The van der Waals surface area contributed by atoms with Crippen molar-refractivity contribution in [2.45, 2.75) is 4.34 Å². The molecular weight excluding hydrogens is 479 g/mol. The zero-order chi connectivity index (χ0) is 23.5. The van der Waals surface area contributed by atoms with Crippen molar-refractivity contribution in [2.24, 2.45) is 0 Å². The maximum Gasteiger partial charge on any atom is 0.323 e. The van der Waals surface area contributed by atoms with Gasteiger partial charge in [-0.1, -0.05) is 23.9 Å². The van der Waals surface area contributed by atoms with Crippen molar-refractivity contribution in [3.05, 3.63) is 66.5 Å². The lowest BCUT2D eigenvalue weighted by atomic mass is 10.3. The zero-order valence-corrected chi connectivity index (χ0v) is 19.1. The van der Waals surface area contributed by atoms with Crippen molar-refractivity contribution in [1.82, 2.24) is 4.98 Å². The topological polar surface area (TPSA) is 102 Å². The van der Waals surface area contributed by atoms with Gasteiger partial charge in [0.15, 0.2) is 15.8 Å². The predicted molar refractivity (Wildman–Crippen MR) is 131 cm³/mol. The number of ether oxygens (including phenoxy) is 2. The lowest BCUT2D eigenvalue weighted by Crippen LogP contribution is -2.19. The minimum atomic E-state index is -0.483. The molecule has 0 aliphatic carbocycles. The molecule has 0 saturated carbocycles. The van der Waals surface area contributed by atoms with Gasteiger partial charge in [-0.25, -0.2) is 14.2 Å². The van der Waals surface area contributed by atoms with Crippen LogP contribution in [-0.4, -0.2) is 29.5 Å². The second-order valence-corrected chi connectivity index (χ2v) is 9.38. The van der Waals surface area contributed by atoms with Gasteiger partial charge in [0.2, 0.25) is 12.7 Å². The summed E-state index contributed by atoms with van der Waals surface area (Å²) in [5, 5.41) is 8.10. The highest BCUT2D eigenvalue weighted by Crippen LogP contribution is 2.34. The van der Waals surface area contributed by atoms with Gasteiger partial charge in [0.05, 0.1) is 21.7 Å². The van der Waals surface area contributed by atoms with E-state index in [-0.39, 0.29) is 24.1 Å². The summed E-state index contributed by atoms with van der Waals surface area (Å²) in [5.41, 5.74) is 2.08. The third-order valence-corrected chi connectivity index (χ3v) is 6.89. The van der Waals surface area contributed by atoms with Crippen LogP contribution in [-0.2, 0) is 4.79 Å². The number of fused-ring (bicyclic) bond motifs is 2. The number of hydrogen-bond acceptors (Lipinski definition) is 7. The summed E-state index contributed by atoms with van der Waals surface area (Å²) in [6, 6.07) is 16.1. The summed E-state index contributed by atoms with van der Waals surface area (Å²) in [5.74, 6) is 0.508. The minimum Gasteiger partial charge on any atom is -0.454 e. The first-order chi connectivity index (χ1) is 16.5. The van der Waals surface area contributed by atoms with Crippen LogP contribution in [0.3, 0.4) is 0 Å². The van der Waals surface area contributed by atoms with Crippen molar-refractivity contribution in [3.63, 3.8) is 0 Å². The number of urea groups is 1. The number of benzene rings is 3. The number of rotatable bonds is 6. The lowest BCUT2D eigenvalue weighted by Gasteiger charge is -2.08. The summed E-state index contributed by atoms with van der Waals surface area (Å²) < 4.78 is 25.8. The molecule has 8 nitrogen and oxygen atoms in total. The molecule has 0 radical (unpaired) electrons. The van der Waals surface area contributed by atoms with Gasteiger partial charge in [0, 0.05) is 17.4 Å². The quantitative estimate of drug-likeness (QED) is 0.303. The predicted octanol–water partition coefficient (Wildman–Crippen LogP) is 5.54. The van der Waals surface area contributed by atoms with Crippen LogP contribution < -0.4 is 25.4 Å². The van der Waals surface area contributed by atoms with Gasteiger partial charge in [-0.15, -0.1) is 11.3 Å². The summed E-state index contributed by atoms with van der Waals surface area (Å²) in [6.07, 6.45) is 0. The first-order valence-corrected chi connectivity index (χ1v) is 11.9. The molecular formula is C23H17FN4O4S2. The molecule has 0 unspecified atom stereocenters. The number of nitrogens with one attached hydrogen (secondary N) is 3. The first kappa shape index (κ1) is 22.0. The van der Waals surface area contributed by atoms with Crippen molar-refractivity contribution in [2.75, 3.05) is 28.5 Å². The Labute approximate surface area is 201 Å². The Balaban J connectivity index is 1.18. The van der Waals surface area contributed by atoms with Gasteiger partial charge in [0.1, 0.15) is 5.82 Å². The molecule has 3 amide bonds. The molecule has 34 heavy (non-hydrogen) atoms. The molecule has 4 aromatic rings. The van der Waals surface area contributed by atoms with E-state index in [1.54, 1.807) is 42.5 Å². The fraction of sp³-hybridized carbons (Fsp3) is 0.0870. The van der Waals surface area contributed by atoms with Crippen LogP contribution in [0.25, 0.3) is 10.2 Å². The van der Waals surface area contributed by atoms with Gasteiger partial charge < -0.3 is 25.4 Å². The summed E-state index contributed by atoms with van der Waals surface area (Å²) in [4.78, 5) is 29.0. The molecule has 2 heterocycles. The Morgan fingerprint density at radius 2 is 1.74 bits per heavy atom. The maximum atomic E-state index is 13.7. The van der Waals surface area contributed by atoms with E-state index in [1.165, 1.54) is 35.2 Å². The van der Waals surface area contributed by atoms with E-state index in [1.807, 2.05) is 6.07 Å². The molecule has 3 aromatic carbocycles. The normalized spacial score (nSPS) is 11.9. The number of para-hydroxylation sites is 1. The Morgan fingerprint density at radius 3 is 2.59 bits per heavy atom. The van der Waals surface area contributed by atoms with E-state index < -0.39 is 11.8 Å².